The molecule has 3 N–H and O–H groups in total. The quantitative estimate of drug-likeness (QED) is 0.426. The van der Waals surface area contributed by atoms with Crippen LogP contribution >= 0.6 is 12.2 Å². The van der Waals surface area contributed by atoms with Gasteiger partial charge >= 0.3 is 0 Å². The number of rotatable bonds is 6. The number of non-ortho nitro benzene ring substituents is 1. The van der Waals surface area contributed by atoms with Gasteiger partial charge in [0.1, 0.15) is 5.75 Å². The fraction of sp³-hybridized carbons (Fsp3) is 0.133. The van der Waals surface area contributed by atoms with Crippen LogP contribution in [0.1, 0.15) is 5.56 Å². The summed E-state index contributed by atoms with van der Waals surface area (Å²) in [5.74, 6) is 0.793. The Morgan fingerprint density at radius 3 is 2.65 bits per heavy atom. The number of benzene rings is 2. The summed E-state index contributed by atoms with van der Waals surface area (Å²) in [6.07, 6.45) is 0. The number of hydrogen-bond acceptors (Lipinski definition) is 5. The number of ether oxygens (including phenoxy) is 1. The van der Waals surface area contributed by atoms with E-state index >= 15 is 0 Å². The molecule has 0 amide bonds. The van der Waals surface area contributed by atoms with Crippen LogP contribution in [-0.4, -0.2) is 17.1 Å². The Balaban J connectivity index is 1.80. The first-order valence-electron chi connectivity index (χ1n) is 6.76. The fourth-order valence-electron chi connectivity index (χ4n) is 1.80. The van der Waals surface area contributed by atoms with E-state index in [1.165, 1.54) is 12.1 Å². The molecule has 0 radical (unpaired) electrons. The number of nitrogens with one attached hydrogen (secondary N) is 3. The molecule has 2 rings (SSSR count). The number of nitrogens with zero attached hydrogens (tertiary/aromatic N) is 1. The van der Waals surface area contributed by atoms with Crippen LogP contribution in [0.15, 0.2) is 48.5 Å². The summed E-state index contributed by atoms with van der Waals surface area (Å²) in [5, 5.41) is 14.1. The molecule has 0 unspecified atom stereocenters. The first-order valence-corrected chi connectivity index (χ1v) is 7.16. The number of anilines is 1. The standard InChI is InChI=1S/C15H16N4O3S/c1-22-14-7-5-11(6-8-14)10-16-15(23)18-17-12-3-2-4-13(9-12)19(20)21/h2-9,17H,10H2,1H3,(H2,16,18,23). The van der Waals surface area contributed by atoms with Crippen molar-refractivity contribution in [3.63, 3.8) is 0 Å². The molecule has 2 aromatic carbocycles. The molecular formula is C15H16N4O3S. The average Bonchev–Trinajstić information content (AvgIpc) is 2.58. The predicted molar refractivity (Wildman–Crippen MR) is 92.3 cm³/mol. The lowest BCUT2D eigenvalue weighted by molar-refractivity contribution is -0.384. The second-order valence-electron chi connectivity index (χ2n) is 4.59. The molecule has 0 atom stereocenters. The second-order valence-corrected chi connectivity index (χ2v) is 5.00. The van der Waals surface area contributed by atoms with Gasteiger partial charge in [-0.25, -0.2) is 0 Å². The van der Waals surface area contributed by atoms with Crippen molar-refractivity contribution in [3.8, 4) is 5.75 Å². The number of hydrogen-bond donors (Lipinski definition) is 3. The zero-order valence-corrected chi connectivity index (χ0v) is 13.2. The van der Waals surface area contributed by atoms with Crippen molar-refractivity contribution in [1.29, 1.82) is 0 Å². The van der Waals surface area contributed by atoms with Crippen LogP contribution in [-0.2, 0) is 6.54 Å². The van der Waals surface area contributed by atoms with Crippen LogP contribution in [0, 0.1) is 10.1 Å². The van der Waals surface area contributed by atoms with E-state index in [0.29, 0.717) is 17.3 Å². The van der Waals surface area contributed by atoms with E-state index in [-0.39, 0.29) is 5.69 Å². The molecule has 8 heteroatoms. The molecule has 0 heterocycles. The van der Waals surface area contributed by atoms with Gasteiger partial charge in [0.15, 0.2) is 5.11 Å². The van der Waals surface area contributed by atoms with Crippen molar-refractivity contribution in [2.24, 2.45) is 0 Å². The summed E-state index contributed by atoms with van der Waals surface area (Å²) in [4.78, 5) is 10.3. The van der Waals surface area contributed by atoms with Gasteiger partial charge in [0.25, 0.3) is 5.69 Å². The number of nitro benzene ring substituents is 1. The normalized spacial score (nSPS) is 9.78. The summed E-state index contributed by atoms with van der Waals surface area (Å²) in [6, 6.07) is 13.7. The molecule has 0 aliphatic heterocycles. The van der Waals surface area contributed by atoms with Gasteiger partial charge in [-0.1, -0.05) is 18.2 Å². The van der Waals surface area contributed by atoms with Crippen LogP contribution in [0.3, 0.4) is 0 Å². The highest BCUT2D eigenvalue weighted by Crippen LogP contribution is 2.16. The number of methoxy groups -OCH3 is 1. The van der Waals surface area contributed by atoms with E-state index in [2.05, 4.69) is 16.2 Å². The zero-order valence-electron chi connectivity index (χ0n) is 12.4. The molecule has 0 aromatic heterocycles. The van der Waals surface area contributed by atoms with Crippen LogP contribution in [0.5, 0.6) is 5.75 Å². The van der Waals surface area contributed by atoms with Crippen molar-refractivity contribution in [2.75, 3.05) is 12.5 Å². The Kier molecular flexibility index (Phi) is 5.70. The van der Waals surface area contributed by atoms with Gasteiger partial charge in [-0.3, -0.25) is 21.0 Å². The van der Waals surface area contributed by atoms with E-state index in [9.17, 15) is 10.1 Å². The molecule has 0 aliphatic rings. The first-order chi connectivity index (χ1) is 11.1. The van der Waals surface area contributed by atoms with Gasteiger partial charge in [0.2, 0.25) is 0 Å². The number of hydrazine groups is 1. The third-order valence-corrected chi connectivity index (χ3v) is 3.24. The van der Waals surface area contributed by atoms with E-state index < -0.39 is 4.92 Å². The summed E-state index contributed by atoms with van der Waals surface area (Å²) in [7, 11) is 1.62. The van der Waals surface area contributed by atoms with Crippen LogP contribution in [0.25, 0.3) is 0 Å². The highest BCUT2D eigenvalue weighted by Gasteiger charge is 2.05. The molecule has 2 aromatic rings. The molecule has 0 fully saturated rings. The molecule has 0 spiro atoms. The summed E-state index contributed by atoms with van der Waals surface area (Å²) in [5.41, 5.74) is 7.20. The topological polar surface area (TPSA) is 88.5 Å². The Hall–Kier alpha value is -2.87. The maximum Gasteiger partial charge on any atom is 0.271 e. The van der Waals surface area contributed by atoms with Crippen LogP contribution in [0.2, 0.25) is 0 Å². The van der Waals surface area contributed by atoms with Crippen LogP contribution in [0.4, 0.5) is 11.4 Å². The molecule has 120 valence electrons. The van der Waals surface area contributed by atoms with Gasteiger partial charge in [-0.15, -0.1) is 0 Å². The molecular weight excluding hydrogens is 316 g/mol. The summed E-state index contributed by atoms with van der Waals surface area (Å²) in [6.45, 7) is 0.548. The third-order valence-electron chi connectivity index (χ3n) is 2.99. The molecule has 0 saturated carbocycles. The lowest BCUT2D eigenvalue weighted by Gasteiger charge is -2.12. The minimum absolute atomic E-state index is 0.00825. The van der Waals surface area contributed by atoms with E-state index in [1.807, 2.05) is 24.3 Å². The third kappa shape index (κ3) is 5.11. The zero-order chi connectivity index (χ0) is 16.7. The Bertz CT molecular complexity index is 691. The predicted octanol–water partition coefficient (Wildman–Crippen LogP) is 2.59. The van der Waals surface area contributed by atoms with Crippen LogP contribution < -0.4 is 20.9 Å². The summed E-state index contributed by atoms with van der Waals surface area (Å²) < 4.78 is 5.09. The second kappa shape index (κ2) is 7.95. The molecule has 0 saturated heterocycles. The van der Waals surface area contributed by atoms with Gasteiger partial charge in [0, 0.05) is 18.7 Å². The maximum absolute atomic E-state index is 10.7. The van der Waals surface area contributed by atoms with Crippen molar-refractivity contribution in [1.82, 2.24) is 10.7 Å². The smallest absolute Gasteiger partial charge is 0.271 e. The Morgan fingerprint density at radius 2 is 2.00 bits per heavy atom. The minimum atomic E-state index is -0.453. The van der Waals surface area contributed by atoms with Crippen molar-refractivity contribution >= 4 is 28.7 Å². The monoisotopic (exact) mass is 332 g/mol. The van der Waals surface area contributed by atoms with E-state index in [1.54, 1.807) is 19.2 Å². The van der Waals surface area contributed by atoms with Gasteiger partial charge in [-0.2, -0.15) is 0 Å². The highest BCUT2D eigenvalue weighted by atomic mass is 32.1. The number of thiocarbonyl (C=S) groups is 1. The van der Waals surface area contributed by atoms with Gasteiger partial charge in [-0.05, 0) is 36.0 Å². The molecule has 0 aliphatic carbocycles. The average molecular weight is 332 g/mol. The van der Waals surface area contributed by atoms with Crippen molar-refractivity contribution in [3.05, 3.63) is 64.2 Å². The minimum Gasteiger partial charge on any atom is -0.497 e. The van der Waals surface area contributed by atoms with Gasteiger partial charge < -0.3 is 10.1 Å². The summed E-state index contributed by atoms with van der Waals surface area (Å²) >= 11 is 5.14. The highest BCUT2D eigenvalue weighted by molar-refractivity contribution is 7.80. The maximum atomic E-state index is 10.7. The molecule has 23 heavy (non-hydrogen) atoms. The van der Waals surface area contributed by atoms with Gasteiger partial charge in [0.05, 0.1) is 17.7 Å². The largest absolute Gasteiger partial charge is 0.497 e. The lowest BCUT2D eigenvalue weighted by atomic mass is 10.2. The lowest BCUT2D eigenvalue weighted by Crippen LogP contribution is -2.38. The number of nitro groups is 1. The van der Waals surface area contributed by atoms with E-state index in [4.69, 9.17) is 17.0 Å². The Labute approximate surface area is 138 Å². The molecule has 7 nitrogen and oxygen atoms in total. The van der Waals surface area contributed by atoms with E-state index in [0.717, 1.165) is 11.3 Å². The SMILES string of the molecule is COc1ccc(CNC(=S)NNc2cccc([N+](=O)[O-])c2)cc1. The van der Waals surface area contributed by atoms with Crippen molar-refractivity contribution < 1.29 is 9.66 Å². The fourth-order valence-corrected chi connectivity index (χ4v) is 1.92. The van der Waals surface area contributed by atoms with Crippen molar-refractivity contribution in [2.45, 2.75) is 6.54 Å². The molecule has 0 bridgehead atoms. The Morgan fingerprint density at radius 1 is 1.26 bits per heavy atom. The first kappa shape index (κ1) is 16.5.